The molecular formula is C9H14ClN3O2. The number of aryl methyl sites for hydroxylation is 2. The molecule has 6 heteroatoms. The third-order valence-corrected chi connectivity index (χ3v) is 2.63. The lowest BCUT2D eigenvalue weighted by atomic mass is 10.1. The summed E-state index contributed by atoms with van der Waals surface area (Å²) in [6.45, 7) is 1.80. The van der Waals surface area contributed by atoms with E-state index in [9.17, 15) is 4.79 Å². The molecule has 2 N–H and O–H groups in total. The highest BCUT2D eigenvalue weighted by Gasteiger charge is 2.20. The first kappa shape index (κ1) is 12.0. The van der Waals surface area contributed by atoms with Crippen LogP contribution in [0.1, 0.15) is 23.7 Å². The van der Waals surface area contributed by atoms with E-state index >= 15 is 0 Å². The Balaban J connectivity index is 2.90. The summed E-state index contributed by atoms with van der Waals surface area (Å²) in [5, 5.41) is 4.58. The Morgan fingerprint density at radius 2 is 2.33 bits per heavy atom. The summed E-state index contributed by atoms with van der Waals surface area (Å²) in [6.07, 6.45) is 0.1000. The van der Waals surface area contributed by atoms with Crippen LogP contribution in [0, 0.1) is 6.92 Å². The fourth-order valence-corrected chi connectivity index (χ4v) is 1.75. The molecule has 84 valence electrons. The van der Waals surface area contributed by atoms with Gasteiger partial charge in [0, 0.05) is 18.7 Å². The maximum atomic E-state index is 11.1. The van der Waals surface area contributed by atoms with Crippen LogP contribution in [0.15, 0.2) is 0 Å². The molecule has 0 aromatic carbocycles. The maximum absolute atomic E-state index is 11.1. The van der Waals surface area contributed by atoms with Crippen LogP contribution < -0.4 is 5.73 Å². The van der Waals surface area contributed by atoms with E-state index in [0.717, 1.165) is 5.69 Å². The second kappa shape index (κ2) is 4.63. The van der Waals surface area contributed by atoms with E-state index in [4.69, 9.17) is 17.3 Å². The van der Waals surface area contributed by atoms with Crippen LogP contribution >= 0.6 is 11.6 Å². The summed E-state index contributed by atoms with van der Waals surface area (Å²) in [7, 11) is 3.05. The van der Waals surface area contributed by atoms with Gasteiger partial charge in [-0.25, -0.2) is 0 Å². The summed E-state index contributed by atoms with van der Waals surface area (Å²) in [6, 6.07) is -0.473. The van der Waals surface area contributed by atoms with E-state index in [2.05, 4.69) is 9.84 Å². The molecule has 0 amide bonds. The number of halogens is 1. The third-order valence-electron chi connectivity index (χ3n) is 2.18. The van der Waals surface area contributed by atoms with Gasteiger partial charge in [-0.3, -0.25) is 9.48 Å². The number of ether oxygens (including phenoxy) is 1. The highest BCUT2D eigenvalue weighted by molar-refractivity contribution is 6.30. The lowest BCUT2D eigenvalue weighted by Gasteiger charge is -2.09. The van der Waals surface area contributed by atoms with Gasteiger partial charge in [-0.1, -0.05) is 11.6 Å². The van der Waals surface area contributed by atoms with E-state index in [1.807, 2.05) is 0 Å². The average Bonchev–Trinajstić information content (AvgIpc) is 2.41. The molecule has 0 aliphatic heterocycles. The number of aromatic nitrogens is 2. The van der Waals surface area contributed by atoms with E-state index < -0.39 is 6.04 Å². The zero-order valence-corrected chi connectivity index (χ0v) is 9.71. The zero-order chi connectivity index (χ0) is 11.6. The van der Waals surface area contributed by atoms with Gasteiger partial charge in [0.2, 0.25) is 0 Å². The molecule has 15 heavy (non-hydrogen) atoms. The molecule has 0 unspecified atom stereocenters. The molecule has 1 heterocycles. The molecule has 0 spiro atoms. The van der Waals surface area contributed by atoms with Gasteiger partial charge in [0.25, 0.3) is 0 Å². The van der Waals surface area contributed by atoms with Crippen LogP contribution in [0.5, 0.6) is 0 Å². The van der Waals surface area contributed by atoms with Gasteiger partial charge < -0.3 is 10.5 Å². The van der Waals surface area contributed by atoms with Crippen LogP contribution in [-0.4, -0.2) is 22.9 Å². The minimum atomic E-state index is -0.473. The van der Waals surface area contributed by atoms with Crippen molar-refractivity contribution in [3.05, 3.63) is 16.4 Å². The highest BCUT2D eigenvalue weighted by atomic mass is 35.5. The minimum Gasteiger partial charge on any atom is -0.469 e. The fourth-order valence-electron chi connectivity index (χ4n) is 1.43. The van der Waals surface area contributed by atoms with Crippen molar-refractivity contribution in [3.8, 4) is 0 Å². The van der Waals surface area contributed by atoms with Crippen LogP contribution in [0.4, 0.5) is 0 Å². The second-order valence-corrected chi connectivity index (χ2v) is 3.66. The van der Waals surface area contributed by atoms with Crippen molar-refractivity contribution in [2.24, 2.45) is 12.8 Å². The molecular weight excluding hydrogens is 218 g/mol. The van der Waals surface area contributed by atoms with Gasteiger partial charge in [0.1, 0.15) is 5.15 Å². The number of methoxy groups -OCH3 is 1. The summed E-state index contributed by atoms with van der Waals surface area (Å²) in [5.74, 6) is -0.359. The number of carbonyl (C=O) groups is 1. The van der Waals surface area contributed by atoms with Gasteiger partial charge in [-0.2, -0.15) is 5.10 Å². The van der Waals surface area contributed by atoms with Crippen molar-refractivity contribution in [3.63, 3.8) is 0 Å². The lowest BCUT2D eigenvalue weighted by Crippen LogP contribution is -2.17. The normalized spacial score (nSPS) is 12.6. The molecule has 1 rings (SSSR count). The number of nitrogens with two attached hydrogens (primary N) is 1. The lowest BCUT2D eigenvalue weighted by molar-refractivity contribution is -0.141. The second-order valence-electron chi connectivity index (χ2n) is 3.30. The topological polar surface area (TPSA) is 70.1 Å². The van der Waals surface area contributed by atoms with E-state index in [-0.39, 0.29) is 12.4 Å². The van der Waals surface area contributed by atoms with Crippen LogP contribution in [0.3, 0.4) is 0 Å². The number of hydrogen-bond donors (Lipinski definition) is 1. The Hall–Kier alpha value is -1.07. The summed E-state index contributed by atoms with van der Waals surface area (Å²) >= 11 is 6.00. The molecule has 0 fully saturated rings. The molecule has 0 saturated carbocycles. The summed E-state index contributed by atoms with van der Waals surface area (Å²) < 4.78 is 6.07. The molecule has 1 aromatic heterocycles. The van der Waals surface area contributed by atoms with Gasteiger partial charge in [-0.05, 0) is 6.92 Å². The zero-order valence-electron chi connectivity index (χ0n) is 8.95. The Kier molecular flexibility index (Phi) is 3.71. The van der Waals surface area contributed by atoms with E-state index in [1.54, 1.807) is 14.0 Å². The third kappa shape index (κ3) is 2.49. The predicted octanol–water partition coefficient (Wildman–Crippen LogP) is 0.945. The number of esters is 1. The SMILES string of the molecule is COC(=O)C[C@@H](N)c1c(C)nn(C)c1Cl. The van der Waals surface area contributed by atoms with Crippen LogP contribution in [0.25, 0.3) is 0 Å². The van der Waals surface area contributed by atoms with Crippen molar-refractivity contribution >= 4 is 17.6 Å². The minimum absolute atomic E-state index is 0.1000. The monoisotopic (exact) mass is 231 g/mol. The molecule has 0 bridgehead atoms. The van der Waals surface area contributed by atoms with Gasteiger partial charge >= 0.3 is 5.97 Å². The van der Waals surface area contributed by atoms with Crippen LogP contribution in [0.2, 0.25) is 5.15 Å². The summed E-state index contributed by atoms with van der Waals surface area (Å²) in [4.78, 5) is 11.1. The van der Waals surface area contributed by atoms with Gasteiger partial charge in [-0.15, -0.1) is 0 Å². The quantitative estimate of drug-likeness (QED) is 0.787. The van der Waals surface area contributed by atoms with Crippen molar-refractivity contribution in [2.75, 3.05) is 7.11 Å². The van der Waals surface area contributed by atoms with Crippen molar-refractivity contribution in [1.82, 2.24) is 9.78 Å². The number of carbonyl (C=O) groups excluding carboxylic acids is 1. The highest BCUT2D eigenvalue weighted by Crippen LogP contribution is 2.26. The Morgan fingerprint density at radius 1 is 1.73 bits per heavy atom. The van der Waals surface area contributed by atoms with Gasteiger partial charge in [0.05, 0.1) is 19.2 Å². The number of nitrogens with zero attached hydrogens (tertiary/aromatic N) is 2. The number of hydrogen-bond acceptors (Lipinski definition) is 4. The van der Waals surface area contributed by atoms with Crippen molar-refractivity contribution < 1.29 is 9.53 Å². The number of rotatable bonds is 3. The summed E-state index contributed by atoms with van der Waals surface area (Å²) in [5.41, 5.74) is 7.28. The molecule has 0 radical (unpaired) electrons. The predicted molar refractivity (Wildman–Crippen MR) is 56.5 cm³/mol. The van der Waals surface area contributed by atoms with E-state index in [0.29, 0.717) is 10.7 Å². The van der Waals surface area contributed by atoms with Gasteiger partial charge in [0.15, 0.2) is 0 Å². The largest absolute Gasteiger partial charge is 0.469 e. The molecule has 1 atom stereocenters. The molecule has 5 nitrogen and oxygen atoms in total. The standard InChI is InChI=1S/C9H14ClN3O2/c1-5-8(9(10)13(2)12-5)6(11)4-7(14)15-3/h6H,4,11H2,1-3H3/t6-/m1/s1. The Bertz CT molecular complexity index is 376. The van der Waals surface area contributed by atoms with E-state index in [1.165, 1.54) is 11.8 Å². The fraction of sp³-hybridized carbons (Fsp3) is 0.556. The average molecular weight is 232 g/mol. The Labute approximate surface area is 93.1 Å². The molecule has 0 aliphatic rings. The molecule has 1 aromatic rings. The first-order valence-corrected chi connectivity index (χ1v) is 4.86. The molecule has 0 aliphatic carbocycles. The molecule has 0 saturated heterocycles. The smallest absolute Gasteiger partial charge is 0.307 e. The first-order chi connectivity index (χ1) is 6.97. The van der Waals surface area contributed by atoms with Crippen molar-refractivity contribution in [1.29, 1.82) is 0 Å². The maximum Gasteiger partial charge on any atom is 0.307 e. The first-order valence-electron chi connectivity index (χ1n) is 4.48. The van der Waals surface area contributed by atoms with Crippen LogP contribution in [-0.2, 0) is 16.6 Å². The Morgan fingerprint density at radius 3 is 2.73 bits per heavy atom. The van der Waals surface area contributed by atoms with Crippen molar-refractivity contribution in [2.45, 2.75) is 19.4 Å².